The number of thiophene rings is 1. The number of ether oxygens (including phenoxy) is 1. The van der Waals surface area contributed by atoms with Crippen molar-refractivity contribution < 1.29 is 14.3 Å². The van der Waals surface area contributed by atoms with Crippen LogP contribution in [0.4, 0.5) is 11.4 Å². The maximum atomic E-state index is 13.5. The van der Waals surface area contributed by atoms with Crippen molar-refractivity contribution in [3.8, 4) is 5.75 Å². The van der Waals surface area contributed by atoms with Crippen molar-refractivity contribution in [3.63, 3.8) is 0 Å². The van der Waals surface area contributed by atoms with Gasteiger partial charge in [-0.05, 0) is 73.2 Å². The molecule has 5 nitrogen and oxygen atoms in total. The van der Waals surface area contributed by atoms with Gasteiger partial charge < -0.3 is 10.1 Å². The molecule has 0 fully saturated rings. The predicted molar refractivity (Wildman–Crippen MR) is 121 cm³/mol. The number of rotatable bonds is 5. The van der Waals surface area contributed by atoms with Crippen LogP contribution in [0.1, 0.15) is 21.6 Å². The number of amides is 2. The molecule has 2 amide bonds. The molecule has 1 aliphatic rings. The highest BCUT2D eigenvalue weighted by molar-refractivity contribution is 7.11. The second-order valence-electron chi connectivity index (χ2n) is 7.35. The standard InChI is InChI=1S/C24H22N2O3S/c1-14-7-8-19(29-4)18(13-14)26-23(27)21(20-6-5-9-30-20)22(24(26)28)25-17-11-15(2)10-16(3)12-17/h5-13,25H,1-4H3. The molecule has 1 aliphatic heterocycles. The third-order valence-corrected chi connectivity index (χ3v) is 5.81. The van der Waals surface area contributed by atoms with E-state index in [9.17, 15) is 9.59 Å². The summed E-state index contributed by atoms with van der Waals surface area (Å²) in [5, 5.41) is 5.12. The van der Waals surface area contributed by atoms with Crippen LogP contribution in [0.15, 0.2) is 59.6 Å². The Morgan fingerprint density at radius 1 is 0.900 bits per heavy atom. The van der Waals surface area contributed by atoms with Crippen LogP contribution in [-0.4, -0.2) is 18.9 Å². The van der Waals surface area contributed by atoms with E-state index >= 15 is 0 Å². The zero-order valence-electron chi connectivity index (χ0n) is 17.3. The Kier molecular flexibility index (Phi) is 5.18. The van der Waals surface area contributed by atoms with Gasteiger partial charge in [0.15, 0.2) is 0 Å². The van der Waals surface area contributed by atoms with Crippen molar-refractivity contribution in [2.75, 3.05) is 17.3 Å². The molecule has 0 atom stereocenters. The first-order chi connectivity index (χ1) is 14.4. The average molecular weight is 419 g/mol. The van der Waals surface area contributed by atoms with E-state index in [0.717, 1.165) is 27.3 Å². The van der Waals surface area contributed by atoms with Gasteiger partial charge in [-0.25, -0.2) is 4.90 Å². The highest BCUT2D eigenvalue weighted by atomic mass is 32.1. The third-order valence-electron chi connectivity index (χ3n) is 4.92. The first-order valence-corrected chi connectivity index (χ1v) is 10.4. The van der Waals surface area contributed by atoms with Crippen molar-refractivity contribution in [2.24, 2.45) is 0 Å². The van der Waals surface area contributed by atoms with E-state index in [2.05, 4.69) is 11.4 Å². The van der Waals surface area contributed by atoms with Crippen LogP contribution in [0.5, 0.6) is 5.75 Å². The van der Waals surface area contributed by atoms with Gasteiger partial charge in [-0.15, -0.1) is 11.3 Å². The number of carbonyl (C=O) groups is 2. The van der Waals surface area contributed by atoms with E-state index < -0.39 is 5.91 Å². The smallest absolute Gasteiger partial charge is 0.282 e. The Bertz CT molecular complexity index is 1160. The molecule has 0 spiro atoms. The number of aryl methyl sites for hydroxylation is 3. The first-order valence-electron chi connectivity index (χ1n) is 9.56. The predicted octanol–water partition coefficient (Wildman–Crippen LogP) is 5.08. The summed E-state index contributed by atoms with van der Waals surface area (Å²) in [4.78, 5) is 28.9. The fraction of sp³-hybridized carbons (Fsp3) is 0.167. The number of imide groups is 1. The van der Waals surface area contributed by atoms with Crippen LogP contribution in [0.3, 0.4) is 0 Å². The number of carbonyl (C=O) groups excluding carboxylic acids is 2. The molecule has 1 aromatic heterocycles. The molecule has 0 aliphatic carbocycles. The zero-order chi connectivity index (χ0) is 21.4. The van der Waals surface area contributed by atoms with Crippen LogP contribution in [0.25, 0.3) is 5.57 Å². The SMILES string of the molecule is COc1ccc(C)cc1N1C(=O)C(Nc2cc(C)cc(C)c2)=C(c2cccs2)C1=O. The molecule has 3 aromatic rings. The first kappa shape index (κ1) is 19.9. The molecule has 152 valence electrons. The summed E-state index contributed by atoms with van der Waals surface area (Å²) >= 11 is 1.43. The maximum Gasteiger partial charge on any atom is 0.282 e. The molecule has 1 N–H and O–H groups in total. The van der Waals surface area contributed by atoms with Crippen molar-refractivity contribution in [1.29, 1.82) is 0 Å². The number of hydrogen-bond donors (Lipinski definition) is 1. The van der Waals surface area contributed by atoms with E-state index in [0.29, 0.717) is 17.0 Å². The lowest BCUT2D eigenvalue weighted by atomic mass is 10.1. The van der Waals surface area contributed by atoms with Gasteiger partial charge in [0.2, 0.25) is 0 Å². The monoisotopic (exact) mass is 418 g/mol. The molecule has 2 heterocycles. The summed E-state index contributed by atoms with van der Waals surface area (Å²) in [5.74, 6) is -0.287. The van der Waals surface area contributed by atoms with E-state index in [4.69, 9.17) is 4.74 Å². The van der Waals surface area contributed by atoms with Gasteiger partial charge in [-0.1, -0.05) is 18.2 Å². The summed E-state index contributed by atoms with van der Waals surface area (Å²) in [6.07, 6.45) is 0. The normalized spacial score (nSPS) is 13.9. The van der Waals surface area contributed by atoms with Crippen molar-refractivity contribution >= 4 is 40.1 Å². The third kappa shape index (κ3) is 3.50. The lowest BCUT2D eigenvalue weighted by Crippen LogP contribution is -2.32. The van der Waals surface area contributed by atoms with E-state index in [1.54, 1.807) is 12.1 Å². The number of methoxy groups -OCH3 is 1. The fourth-order valence-corrected chi connectivity index (χ4v) is 4.45. The highest BCUT2D eigenvalue weighted by Crippen LogP contribution is 2.39. The summed E-state index contributed by atoms with van der Waals surface area (Å²) in [7, 11) is 1.53. The molecule has 0 saturated heterocycles. The number of anilines is 2. The molecular weight excluding hydrogens is 396 g/mol. The maximum absolute atomic E-state index is 13.5. The summed E-state index contributed by atoms with van der Waals surface area (Å²) in [6, 6.07) is 15.1. The lowest BCUT2D eigenvalue weighted by molar-refractivity contribution is -0.120. The minimum absolute atomic E-state index is 0.274. The average Bonchev–Trinajstić information content (AvgIpc) is 3.28. The molecule has 6 heteroatoms. The van der Waals surface area contributed by atoms with Crippen LogP contribution in [-0.2, 0) is 9.59 Å². The van der Waals surface area contributed by atoms with E-state index in [1.807, 2.05) is 56.5 Å². The molecule has 2 aromatic carbocycles. The Hall–Kier alpha value is -3.38. The second kappa shape index (κ2) is 7.80. The minimum Gasteiger partial charge on any atom is -0.495 e. The molecule has 4 rings (SSSR count). The molecule has 0 unspecified atom stereocenters. The van der Waals surface area contributed by atoms with Crippen molar-refractivity contribution in [3.05, 3.63) is 81.2 Å². The number of benzene rings is 2. The van der Waals surface area contributed by atoms with Gasteiger partial charge in [-0.3, -0.25) is 9.59 Å². The largest absolute Gasteiger partial charge is 0.495 e. The Morgan fingerprint density at radius 2 is 1.63 bits per heavy atom. The van der Waals surface area contributed by atoms with Gasteiger partial charge in [0, 0.05) is 10.6 Å². The van der Waals surface area contributed by atoms with Crippen LogP contribution in [0, 0.1) is 20.8 Å². The summed E-state index contributed by atoms with van der Waals surface area (Å²) < 4.78 is 5.44. The van der Waals surface area contributed by atoms with Gasteiger partial charge in [0.25, 0.3) is 11.8 Å². The van der Waals surface area contributed by atoms with Gasteiger partial charge in [-0.2, -0.15) is 0 Å². The van der Waals surface area contributed by atoms with E-state index in [-0.39, 0.29) is 11.6 Å². The Labute approximate surface area is 179 Å². The number of hydrogen-bond acceptors (Lipinski definition) is 5. The van der Waals surface area contributed by atoms with Gasteiger partial charge in [0.1, 0.15) is 11.4 Å². The Balaban J connectivity index is 1.84. The quantitative estimate of drug-likeness (QED) is 0.587. The number of nitrogens with zero attached hydrogens (tertiary/aromatic N) is 1. The molecule has 30 heavy (non-hydrogen) atoms. The van der Waals surface area contributed by atoms with Crippen LogP contribution in [0.2, 0.25) is 0 Å². The van der Waals surface area contributed by atoms with E-state index in [1.165, 1.54) is 23.3 Å². The lowest BCUT2D eigenvalue weighted by Gasteiger charge is -2.19. The van der Waals surface area contributed by atoms with Crippen molar-refractivity contribution in [1.82, 2.24) is 0 Å². The minimum atomic E-state index is -0.397. The van der Waals surface area contributed by atoms with Crippen molar-refractivity contribution in [2.45, 2.75) is 20.8 Å². The molecule has 0 radical (unpaired) electrons. The van der Waals surface area contributed by atoms with Crippen LogP contribution >= 0.6 is 11.3 Å². The molecule has 0 bridgehead atoms. The molecule has 0 saturated carbocycles. The number of nitrogens with one attached hydrogen (secondary N) is 1. The second-order valence-corrected chi connectivity index (χ2v) is 8.30. The fourth-order valence-electron chi connectivity index (χ4n) is 3.68. The van der Waals surface area contributed by atoms with Gasteiger partial charge in [0.05, 0.1) is 18.4 Å². The zero-order valence-corrected chi connectivity index (χ0v) is 18.1. The topological polar surface area (TPSA) is 58.6 Å². The van der Waals surface area contributed by atoms with Crippen LogP contribution < -0.4 is 15.0 Å². The highest BCUT2D eigenvalue weighted by Gasteiger charge is 2.41. The summed E-state index contributed by atoms with van der Waals surface area (Å²) in [5.41, 5.74) is 4.94. The molecular formula is C24H22N2O3S. The Morgan fingerprint density at radius 3 is 2.27 bits per heavy atom. The van der Waals surface area contributed by atoms with Gasteiger partial charge >= 0.3 is 0 Å². The summed E-state index contributed by atoms with van der Waals surface area (Å²) in [6.45, 7) is 5.91.